The summed E-state index contributed by atoms with van der Waals surface area (Å²) in [7, 11) is 0. The van der Waals surface area contributed by atoms with Crippen LogP contribution in [-0.2, 0) is 17.9 Å². The lowest BCUT2D eigenvalue weighted by molar-refractivity contribution is -0.121. The van der Waals surface area contributed by atoms with E-state index >= 15 is 0 Å². The number of nitrogens with one attached hydrogen (secondary N) is 1. The van der Waals surface area contributed by atoms with Crippen LogP contribution in [0.25, 0.3) is 22.2 Å². The van der Waals surface area contributed by atoms with Gasteiger partial charge in [-0.15, -0.1) is 21.5 Å². The topological polar surface area (TPSA) is 73.0 Å². The number of carbonyl (C=O) groups excluding carboxylic acids is 1. The number of rotatable bonds is 6. The van der Waals surface area contributed by atoms with Gasteiger partial charge in [0.2, 0.25) is 11.8 Å². The van der Waals surface area contributed by atoms with Crippen molar-refractivity contribution in [3.63, 3.8) is 0 Å². The van der Waals surface area contributed by atoms with Crippen molar-refractivity contribution in [2.24, 2.45) is 0 Å². The molecule has 0 saturated heterocycles. The van der Waals surface area contributed by atoms with Gasteiger partial charge < -0.3 is 14.3 Å². The Balaban J connectivity index is 1.48. The monoisotopic (exact) mass is 406 g/mol. The number of carbonyl (C=O) groups is 1. The lowest BCUT2D eigenvalue weighted by Gasteiger charge is -2.10. The average molecular weight is 407 g/mol. The van der Waals surface area contributed by atoms with Crippen molar-refractivity contribution in [1.29, 1.82) is 0 Å². The van der Waals surface area contributed by atoms with Crippen molar-refractivity contribution in [1.82, 2.24) is 20.1 Å². The minimum atomic E-state index is -0.0374. The van der Waals surface area contributed by atoms with Gasteiger partial charge in [-0.2, -0.15) is 0 Å². The first-order valence-corrected chi connectivity index (χ1v) is 10.3. The Labute approximate surface area is 173 Å². The normalized spacial score (nSPS) is 11.0. The van der Waals surface area contributed by atoms with Gasteiger partial charge in [0.25, 0.3) is 5.89 Å². The average Bonchev–Trinajstić information content (AvgIpc) is 3.43. The molecule has 0 aliphatic rings. The second kappa shape index (κ2) is 8.05. The molecule has 1 aromatic carbocycles. The highest BCUT2D eigenvalue weighted by Crippen LogP contribution is 2.30. The number of hydrogen-bond acceptors (Lipinski definition) is 5. The molecule has 29 heavy (non-hydrogen) atoms. The molecule has 7 heteroatoms. The predicted octanol–water partition coefficient (Wildman–Crippen LogP) is 4.51. The van der Waals surface area contributed by atoms with Crippen LogP contribution in [0.15, 0.2) is 52.3 Å². The van der Waals surface area contributed by atoms with E-state index in [1.165, 1.54) is 5.56 Å². The highest BCUT2D eigenvalue weighted by atomic mass is 32.1. The van der Waals surface area contributed by atoms with Gasteiger partial charge in [0.05, 0.1) is 10.4 Å². The summed E-state index contributed by atoms with van der Waals surface area (Å²) in [6.07, 6.45) is 0. The van der Waals surface area contributed by atoms with E-state index in [2.05, 4.69) is 21.6 Å². The van der Waals surface area contributed by atoms with Crippen molar-refractivity contribution in [2.75, 3.05) is 0 Å². The summed E-state index contributed by atoms with van der Waals surface area (Å²) in [5.74, 6) is 0.938. The fourth-order valence-electron chi connectivity index (χ4n) is 3.32. The van der Waals surface area contributed by atoms with Crippen LogP contribution in [0.2, 0.25) is 0 Å². The van der Waals surface area contributed by atoms with Crippen LogP contribution in [0, 0.1) is 20.8 Å². The van der Waals surface area contributed by atoms with Gasteiger partial charge in [-0.1, -0.05) is 35.9 Å². The third-order valence-electron chi connectivity index (χ3n) is 4.83. The Bertz CT molecular complexity index is 1140. The summed E-state index contributed by atoms with van der Waals surface area (Å²) in [6.45, 7) is 6.74. The zero-order chi connectivity index (χ0) is 20.4. The van der Waals surface area contributed by atoms with Crippen LogP contribution < -0.4 is 5.32 Å². The largest absolute Gasteiger partial charge is 0.415 e. The highest BCUT2D eigenvalue weighted by molar-refractivity contribution is 7.13. The molecule has 0 aliphatic heterocycles. The lowest BCUT2D eigenvalue weighted by atomic mass is 10.1. The smallest absolute Gasteiger partial charge is 0.258 e. The minimum Gasteiger partial charge on any atom is -0.415 e. The molecule has 6 nitrogen and oxygen atoms in total. The number of thiophene rings is 1. The van der Waals surface area contributed by atoms with Crippen LogP contribution in [0.4, 0.5) is 0 Å². The van der Waals surface area contributed by atoms with E-state index < -0.39 is 0 Å². The van der Waals surface area contributed by atoms with Gasteiger partial charge in [0.15, 0.2) is 0 Å². The van der Waals surface area contributed by atoms with Crippen LogP contribution in [-0.4, -0.2) is 20.7 Å². The first-order valence-electron chi connectivity index (χ1n) is 9.38. The maximum atomic E-state index is 12.5. The summed E-state index contributed by atoms with van der Waals surface area (Å²) in [4.78, 5) is 13.4. The van der Waals surface area contributed by atoms with Gasteiger partial charge in [0, 0.05) is 17.9 Å². The Morgan fingerprint density at radius 2 is 1.93 bits per heavy atom. The quantitative estimate of drug-likeness (QED) is 0.511. The minimum absolute atomic E-state index is 0.0374. The third kappa shape index (κ3) is 4.14. The Morgan fingerprint density at radius 3 is 2.69 bits per heavy atom. The molecule has 1 amide bonds. The number of hydrogen-bond donors (Lipinski definition) is 1. The second-order valence-corrected chi connectivity index (χ2v) is 7.97. The molecule has 148 valence electrons. The van der Waals surface area contributed by atoms with Gasteiger partial charge in [-0.05, 0) is 43.8 Å². The maximum Gasteiger partial charge on any atom is 0.258 e. The van der Waals surface area contributed by atoms with Gasteiger partial charge in [0.1, 0.15) is 6.54 Å². The molecule has 3 aromatic heterocycles. The predicted molar refractivity (Wildman–Crippen MR) is 114 cm³/mol. The van der Waals surface area contributed by atoms with Crippen LogP contribution in [0.5, 0.6) is 0 Å². The third-order valence-corrected chi connectivity index (χ3v) is 5.69. The lowest BCUT2D eigenvalue weighted by Crippen LogP contribution is -2.27. The Kier molecular flexibility index (Phi) is 5.31. The number of amides is 1. The zero-order valence-corrected chi connectivity index (χ0v) is 17.4. The summed E-state index contributed by atoms with van der Waals surface area (Å²) >= 11 is 1.56. The molecule has 0 aliphatic carbocycles. The molecular formula is C22H22N4O2S. The number of benzene rings is 1. The summed E-state index contributed by atoms with van der Waals surface area (Å²) in [5.41, 5.74) is 5.02. The van der Waals surface area contributed by atoms with Crippen molar-refractivity contribution in [3.8, 4) is 22.2 Å². The van der Waals surface area contributed by atoms with E-state index in [4.69, 9.17) is 4.42 Å². The number of nitrogens with zero attached hydrogens (tertiary/aromatic N) is 3. The molecular weight excluding hydrogens is 384 g/mol. The zero-order valence-electron chi connectivity index (χ0n) is 16.6. The molecule has 1 N–H and O–H groups in total. The van der Waals surface area contributed by atoms with E-state index in [1.54, 1.807) is 11.3 Å². The van der Waals surface area contributed by atoms with E-state index in [0.717, 1.165) is 27.4 Å². The van der Waals surface area contributed by atoms with E-state index in [1.807, 2.05) is 67.1 Å². The van der Waals surface area contributed by atoms with Crippen molar-refractivity contribution in [2.45, 2.75) is 33.9 Å². The molecule has 0 fully saturated rings. The molecule has 0 spiro atoms. The number of aryl methyl sites for hydroxylation is 2. The molecule has 0 unspecified atom stereocenters. The standard InChI is InChI=1S/C22H22N4O2S/c1-14-6-4-7-17(10-14)12-23-20(27)13-26-15(2)11-18(16(26)3)21-24-25-22(28-21)19-8-5-9-29-19/h4-11H,12-13H2,1-3H3,(H,23,27). The Morgan fingerprint density at radius 1 is 1.10 bits per heavy atom. The first kappa shape index (κ1) is 19.1. The molecule has 4 rings (SSSR count). The summed E-state index contributed by atoms with van der Waals surface area (Å²) < 4.78 is 7.83. The molecule has 0 atom stereocenters. The van der Waals surface area contributed by atoms with Crippen molar-refractivity contribution >= 4 is 17.2 Å². The molecule has 0 radical (unpaired) electrons. The van der Waals surface area contributed by atoms with Crippen LogP contribution in [0.3, 0.4) is 0 Å². The second-order valence-electron chi connectivity index (χ2n) is 7.03. The maximum absolute atomic E-state index is 12.5. The van der Waals surface area contributed by atoms with Gasteiger partial charge in [-0.25, -0.2) is 0 Å². The van der Waals surface area contributed by atoms with E-state index in [9.17, 15) is 4.79 Å². The van der Waals surface area contributed by atoms with Gasteiger partial charge >= 0.3 is 0 Å². The highest BCUT2D eigenvalue weighted by Gasteiger charge is 2.18. The fourth-order valence-corrected chi connectivity index (χ4v) is 3.96. The Hall–Kier alpha value is -3.19. The van der Waals surface area contributed by atoms with Crippen molar-refractivity contribution < 1.29 is 9.21 Å². The number of aromatic nitrogens is 3. The molecule has 3 heterocycles. The van der Waals surface area contributed by atoms with Crippen molar-refractivity contribution in [3.05, 3.63) is 70.4 Å². The SMILES string of the molecule is Cc1cccc(CNC(=O)Cn2c(C)cc(-c3nnc(-c4cccs4)o3)c2C)c1. The summed E-state index contributed by atoms with van der Waals surface area (Å²) in [6, 6.07) is 14.0. The molecule has 0 saturated carbocycles. The van der Waals surface area contributed by atoms with Crippen LogP contribution in [0.1, 0.15) is 22.5 Å². The van der Waals surface area contributed by atoms with Gasteiger partial charge in [-0.3, -0.25) is 4.79 Å². The van der Waals surface area contributed by atoms with E-state index in [0.29, 0.717) is 18.3 Å². The summed E-state index contributed by atoms with van der Waals surface area (Å²) in [5, 5.41) is 13.3. The van der Waals surface area contributed by atoms with Crippen LogP contribution >= 0.6 is 11.3 Å². The molecule has 4 aromatic rings. The fraction of sp³-hybridized carbons (Fsp3) is 0.227. The van der Waals surface area contributed by atoms with E-state index in [-0.39, 0.29) is 12.5 Å². The first-order chi connectivity index (χ1) is 14.0. The molecule has 0 bridgehead atoms.